The summed E-state index contributed by atoms with van der Waals surface area (Å²) in [4.78, 5) is 55.1. The van der Waals surface area contributed by atoms with Gasteiger partial charge in [-0.2, -0.15) is 0 Å². The van der Waals surface area contributed by atoms with Gasteiger partial charge in [-0.15, -0.1) is 0 Å². The van der Waals surface area contributed by atoms with Crippen LogP contribution in [0.15, 0.2) is 18.2 Å². The Labute approximate surface area is 160 Å². The van der Waals surface area contributed by atoms with Gasteiger partial charge in [-0.1, -0.05) is 6.92 Å². The lowest BCUT2D eigenvalue weighted by molar-refractivity contribution is -0.393. The number of carbonyl (C=O) groups excluding carboxylic acids is 3. The lowest BCUT2D eigenvalue weighted by atomic mass is 10.1. The van der Waals surface area contributed by atoms with Crippen molar-refractivity contribution < 1.29 is 24.2 Å². The van der Waals surface area contributed by atoms with Gasteiger partial charge in [-0.05, 0) is 6.07 Å². The summed E-state index contributed by atoms with van der Waals surface area (Å²) < 4.78 is 0. The lowest BCUT2D eigenvalue weighted by Crippen LogP contribution is -2.43. The van der Waals surface area contributed by atoms with Gasteiger partial charge >= 0.3 is 0 Å². The normalized spacial score (nSPS) is 11.2. The molecule has 0 aromatic heterocycles. The Kier molecular flexibility index (Phi) is 8.46. The number of nitrogens with one attached hydrogen (secondary N) is 3. The molecule has 0 fully saturated rings. The zero-order valence-corrected chi connectivity index (χ0v) is 15.4. The molecule has 0 aliphatic carbocycles. The van der Waals surface area contributed by atoms with Gasteiger partial charge in [0.05, 0.1) is 28.4 Å². The minimum Gasteiger partial charge on any atom is -0.378 e. The van der Waals surface area contributed by atoms with E-state index in [2.05, 4.69) is 16.0 Å². The minimum absolute atomic E-state index is 0.0714. The van der Waals surface area contributed by atoms with Gasteiger partial charge in [-0.3, -0.25) is 34.6 Å². The molecular formula is C16H21N5O7. The van der Waals surface area contributed by atoms with E-state index in [1.807, 2.05) is 0 Å². The maximum Gasteiger partial charge on any atom is 0.299 e. The molecule has 1 aromatic carbocycles. The fraction of sp³-hybridized carbons (Fsp3) is 0.438. The van der Waals surface area contributed by atoms with E-state index in [4.69, 9.17) is 0 Å². The number of Topliss-reactive ketones (excluding diaryl/α,β-unsaturated/α-hetero) is 1. The van der Waals surface area contributed by atoms with Crippen LogP contribution in [0.4, 0.5) is 17.1 Å². The van der Waals surface area contributed by atoms with Crippen molar-refractivity contribution in [3.05, 3.63) is 38.4 Å². The van der Waals surface area contributed by atoms with Crippen LogP contribution < -0.4 is 16.0 Å². The molecule has 1 aromatic rings. The Morgan fingerprint density at radius 2 is 1.79 bits per heavy atom. The second-order valence-electron chi connectivity index (χ2n) is 5.77. The summed E-state index contributed by atoms with van der Waals surface area (Å²) in [5, 5.41) is 29.4. The third-order valence-electron chi connectivity index (χ3n) is 3.66. The SMILES string of the molecule is CCC(=O)[C@H](CC(=O)NCCNc1ccc([N+](=O)[O-])cc1[N+](=O)[O-])NC(C)=O. The van der Waals surface area contributed by atoms with Crippen molar-refractivity contribution in [3.63, 3.8) is 0 Å². The number of nitrogens with zero attached hydrogens (tertiary/aromatic N) is 2. The van der Waals surface area contributed by atoms with Gasteiger partial charge < -0.3 is 16.0 Å². The molecule has 0 bridgehead atoms. The molecule has 152 valence electrons. The molecular weight excluding hydrogens is 374 g/mol. The molecule has 0 spiro atoms. The van der Waals surface area contributed by atoms with Gasteiger partial charge in [0.2, 0.25) is 11.8 Å². The molecule has 0 aliphatic heterocycles. The summed E-state index contributed by atoms with van der Waals surface area (Å²) >= 11 is 0. The first-order valence-electron chi connectivity index (χ1n) is 8.38. The van der Waals surface area contributed by atoms with Gasteiger partial charge in [-0.25, -0.2) is 0 Å². The number of amides is 2. The summed E-state index contributed by atoms with van der Waals surface area (Å²) in [5.41, 5.74) is -0.794. The molecule has 0 saturated heterocycles. The van der Waals surface area contributed by atoms with Crippen molar-refractivity contribution >= 4 is 34.7 Å². The summed E-state index contributed by atoms with van der Waals surface area (Å²) in [6.45, 7) is 3.06. The zero-order chi connectivity index (χ0) is 21.3. The fourth-order valence-electron chi connectivity index (χ4n) is 2.33. The van der Waals surface area contributed by atoms with Crippen LogP contribution >= 0.6 is 0 Å². The summed E-state index contributed by atoms with van der Waals surface area (Å²) in [6.07, 6.45) is -0.0481. The van der Waals surface area contributed by atoms with Crippen LogP contribution in [-0.4, -0.2) is 46.6 Å². The van der Waals surface area contributed by atoms with Gasteiger partial charge in [0.25, 0.3) is 11.4 Å². The van der Waals surface area contributed by atoms with Gasteiger partial charge in [0.1, 0.15) is 5.69 Å². The second kappa shape index (κ2) is 10.5. The quantitative estimate of drug-likeness (QED) is 0.281. The van der Waals surface area contributed by atoms with Crippen LogP contribution in [0.3, 0.4) is 0 Å². The molecule has 12 nitrogen and oxygen atoms in total. The molecule has 0 aliphatic rings. The van der Waals surface area contributed by atoms with Crippen LogP contribution in [0.5, 0.6) is 0 Å². The maximum absolute atomic E-state index is 11.9. The summed E-state index contributed by atoms with van der Waals surface area (Å²) in [5.74, 6) is -1.17. The number of non-ortho nitro benzene ring substituents is 1. The number of ketones is 1. The van der Waals surface area contributed by atoms with E-state index in [-0.39, 0.29) is 37.4 Å². The highest BCUT2D eigenvalue weighted by Crippen LogP contribution is 2.28. The smallest absolute Gasteiger partial charge is 0.299 e. The van der Waals surface area contributed by atoms with E-state index >= 15 is 0 Å². The Morgan fingerprint density at radius 1 is 1.11 bits per heavy atom. The Bertz CT molecular complexity index is 781. The average Bonchev–Trinajstić information content (AvgIpc) is 2.63. The van der Waals surface area contributed by atoms with Gasteiger partial charge in [0, 0.05) is 32.5 Å². The van der Waals surface area contributed by atoms with E-state index in [0.29, 0.717) is 0 Å². The summed E-state index contributed by atoms with van der Waals surface area (Å²) in [7, 11) is 0. The first kappa shape index (κ1) is 22.5. The Morgan fingerprint density at radius 3 is 2.32 bits per heavy atom. The standard InChI is InChI=1S/C16H21N5O7/c1-3-15(23)13(19-10(2)22)9-16(24)18-7-6-17-12-5-4-11(20(25)26)8-14(12)21(27)28/h4-5,8,13,17H,3,6-7,9H2,1-2H3,(H,18,24)(H,19,22)/t13-/m0/s1. The van der Waals surface area contributed by atoms with Crippen molar-refractivity contribution in [1.29, 1.82) is 0 Å². The number of nitro groups is 2. The van der Waals surface area contributed by atoms with E-state index < -0.39 is 39.1 Å². The second-order valence-corrected chi connectivity index (χ2v) is 5.77. The molecule has 0 unspecified atom stereocenters. The third-order valence-corrected chi connectivity index (χ3v) is 3.66. The van der Waals surface area contributed by atoms with Crippen molar-refractivity contribution in [2.45, 2.75) is 32.7 Å². The predicted molar refractivity (Wildman–Crippen MR) is 98.8 cm³/mol. The highest BCUT2D eigenvalue weighted by atomic mass is 16.6. The van der Waals surface area contributed by atoms with Crippen LogP contribution in [-0.2, 0) is 14.4 Å². The molecule has 0 radical (unpaired) electrons. The summed E-state index contributed by atoms with van der Waals surface area (Å²) in [6, 6.07) is 2.27. The predicted octanol–water partition coefficient (Wildman–Crippen LogP) is 0.905. The van der Waals surface area contributed by atoms with E-state index in [1.165, 1.54) is 13.0 Å². The minimum atomic E-state index is -0.911. The highest BCUT2D eigenvalue weighted by Gasteiger charge is 2.21. The molecule has 12 heteroatoms. The van der Waals surface area contributed by atoms with Gasteiger partial charge in [0.15, 0.2) is 5.78 Å². The number of benzene rings is 1. The molecule has 0 saturated carbocycles. The van der Waals surface area contributed by atoms with E-state index in [0.717, 1.165) is 12.1 Å². The largest absolute Gasteiger partial charge is 0.378 e. The molecule has 1 rings (SSSR count). The van der Waals surface area contributed by atoms with Crippen LogP contribution in [0.1, 0.15) is 26.7 Å². The first-order chi connectivity index (χ1) is 13.1. The Balaban J connectivity index is 2.59. The monoisotopic (exact) mass is 395 g/mol. The number of hydrogen-bond donors (Lipinski definition) is 3. The van der Waals surface area contributed by atoms with Crippen LogP contribution in [0.25, 0.3) is 0 Å². The molecule has 2 amide bonds. The third kappa shape index (κ3) is 6.97. The number of carbonyl (C=O) groups is 3. The van der Waals surface area contributed by atoms with Crippen LogP contribution in [0.2, 0.25) is 0 Å². The fourth-order valence-corrected chi connectivity index (χ4v) is 2.33. The lowest BCUT2D eigenvalue weighted by Gasteiger charge is -2.16. The highest BCUT2D eigenvalue weighted by molar-refractivity contribution is 5.92. The number of rotatable bonds is 11. The molecule has 3 N–H and O–H groups in total. The first-order valence-corrected chi connectivity index (χ1v) is 8.38. The van der Waals surface area contributed by atoms with E-state index in [9.17, 15) is 34.6 Å². The Hall–Kier alpha value is -3.57. The topological polar surface area (TPSA) is 174 Å². The van der Waals surface area contributed by atoms with E-state index in [1.54, 1.807) is 6.92 Å². The molecule has 28 heavy (non-hydrogen) atoms. The molecule has 0 heterocycles. The van der Waals surface area contributed by atoms with Crippen LogP contribution in [0, 0.1) is 20.2 Å². The maximum atomic E-state index is 11.9. The number of hydrogen-bond acceptors (Lipinski definition) is 8. The van der Waals surface area contributed by atoms with Crippen molar-refractivity contribution in [1.82, 2.24) is 10.6 Å². The van der Waals surface area contributed by atoms with Crippen molar-refractivity contribution in [2.24, 2.45) is 0 Å². The van der Waals surface area contributed by atoms with Crippen molar-refractivity contribution in [3.8, 4) is 0 Å². The average molecular weight is 395 g/mol. The number of anilines is 1. The molecule has 1 atom stereocenters. The van der Waals surface area contributed by atoms with Crippen molar-refractivity contribution in [2.75, 3.05) is 18.4 Å². The zero-order valence-electron chi connectivity index (χ0n) is 15.4. The number of nitro benzene ring substituents is 2.